The minimum Gasteiger partial charge on any atom is -0.316 e. The Labute approximate surface area is 117 Å². The highest BCUT2D eigenvalue weighted by Gasteiger charge is 2.14. The molecule has 1 aromatic heterocycles. The number of pyridine rings is 1. The van der Waals surface area contributed by atoms with Crippen LogP contribution in [0.15, 0.2) is 35.3 Å². The molecule has 1 atom stereocenters. The summed E-state index contributed by atoms with van der Waals surface area (Å²) < 4.78 is 1.83. The van der Waals surface area contributed by atoms with Gasteiger partial charge in [-0.05, 0) is 61.5 Å². The zero-order valence-corrected chi connectivity index (χ0v) is 11.5. The predicted molar refractivity (Wildman–Crippen MR) is 78.8 cm³/mol. The Morgan fingerprint density at radius 3 is 3.05 bits per heavy atom. The highest BCUT2D eigenvalue weighted by molar-refractivity contribution is 6.31. The first-order chi connectivity index (χ1) is 9.24. The third-order valence-corrected chi connectivity index (χ3v) is 4.03. The minimum absolute atomic E-state index is 0.0831. The zero-order valence-electron chi connectivity index (χ0n) is 10.7. The van der Waals surface area contributed by atoms with Crippen molar-refractivity contribution in [3.63, 3.8) is 0 Å². The average Bonchev–Trinajstić information content (AvgIpc) is 2.43. The molecule has 1 N–H and O–H groups in total. The second kappa shape index (κ2) is 5.35. The molecule has 4 heteroatoms. The van der Waals surface area contributed by atoms with Gasteiger partial charge in [0, 0.05) is 23.2 Å². The molecule has 1 aromatic carbocycles. The number of nitrogens with zero attached hydrogens (tertiary/aromatic N) is 1. The van der Waals surface area contributed by atoms with E-state index in [-0.39, 0.29) is 5.56 Å². The van der Waals surface area contributed by atoms with Crippen molar-refractivity contribution in [1.29, 1.82) is 0 Å². The van der Waals surface area contributed by atoms with Crippen LogP contribution in [0.5, 0.6) is 0 Å². The quantitative estimate of drug-likeness (QED) is 0.915. The van der Waals surface area contributed by atoms with Crippen LogP contribution in [0.2, 0.25) is 5.02 Å². The van der Waals surface area contributed by atoms with Gasteiger partial charge in [0.05, 0.1) is 0 Å². The van der Waals surface area contributed by atoms with Crippen molar-refractivity contribution >= 4 is 22.4 Å². The van der Waals surface area contributed by atoms with Gasteiger partial charge in [0.25, 0.3) is 5.56 Å². The first kappa shape index (κ1) is 12.7. The molecular formula is C15H17ClN2O. The van der Waals surface area contributed by atoms with Crippen molar-refractivity contribution in [3.05, 3.63) is 45.8 Å². The number of nitrogens with one attached hydrogen (secondary N) is 1. The van der Waals surface area contributed by atoms with Crippen LogP contribution in [0, 0.1) is 5.92 Å². The van der Waals surface area contributed by atoms with E-state index in [0.717, 1.165) is 30.4 Å². The molecule has 0 bridgehead atoms. The Balaban J connectivity index is 1.93. The molecule has 19 heavy (non-hydrogen) atoms. The molecule has 0 aliphatic carbocycles. The summed E-state index contributed by atoms with van der Waals surface area (Å²) in [6, 6.07) is 7.40. The lowest BCUT2D eigenvalue weighted by atomic mass is 9.99. The summed E-state index contributed by atoms with van der Waals surface area (Å²) in [5.41, 5.74) is 0.0831. The monoisotopic (exact) mass is 276 g/mol. The highest BCUT2D eigenvalue weighted by atomic mass is 35.5. The second-order valence-corrected chi connectivity index (χ2v) is 5.65. The largest absolute Gasteiger partial charge is 0.316 e. The molecule has 2 heterocycles. The summed E-state index contributed by atoms with van der Waals surface area (Å²) in [6.45, 7) is 2.90. The maximum atomic E-state index is 12.4. The number of piperidine rings is 1. The molecule has 3 nitrogen and oxygen atoms in total. The van der Waals surface area contributed by atoms with Crippen molar-refractivity contribution in [2.75, 3.05) is 13.1 Å². The maximum absolute atomic E-state index is 12.4. The van der Waals surface area contributed by atoms with E-state index < -0.39 is 0 Å². The molecule has 0 spiro atoms. The molecule has 100 valence electrons. The number of benzene rings is 1. The van der Waals surface area contributed by atoms with Crippen molar-refractivity contribution in [1.82, 2.24) is 9.88 Å². The van der Waals surface area contributed by atoms with E-state index in [1.807, 2.05) is 29.0 Å². The minimum atomic E-state index is 0.0831. The molecule has 2 aromatic rings. The summed E-state index contributed by atoms with van der Waals surface area (Å²) in [4.78, 5) is 12.4. The fourth-order valence-corrected chi connectivity index (χ4v) is 2.94. The zero-order chi connectivity index (χ0) is 13.2. The van der Waals surface area contributed by atoms with Crippen molar-refractivity contribution in [2.45, 2.75) is 19.4 Å². The predicted octanol–water partition coefficient (Wildman–Crippen LogP) is 2.65. The standard InChI is InChI=1S/C15H17ClN2O/c16-13-3-4-14-12(8-13)5-7-18(15(14)19)10-11-2-1-6-17-9-11/h3-5,7-8,11,17H,1-2,6,9-10H2. The molecule has 1 fully saturated rings. The van der Waals surface area contributed by atoms with Crippen LogP contribution in [0.1, 0.15) is 12.8 Å². The van der Waals surface area contributed by atoms with Gasteiger partial charge in [-0.25, -0.2) is 0 Å². The normalized spacial score (nSPS) is 19.7. The van der Waals surface area contributed by atoms with Gasteiger partial charge in [-0.3, -0.25) is 4.79 Å². The summed E-state index contributed by atoms with van der Waals surface area (Å²) in [7, 11) is 0. The SMILES string of the molecule is O=c1c2ccc(Cl)cc2ccn1CC1CCCNC1. The number of fused-ring (bicyclic) bond motifs is 1. The fraction of sp³-hybridized carbons (Fsp3) is 0.400. The highest BCUT2D eigenvalue weighted by Crippen LogP contribution is 2.17. The van der Waals surface area contributed by atoms with E-state index in [9.17, 15) is 4.79 Å². The van der Waals surface area contributed by atoms with Crippen molar-refractivity contribution in [2.24, 2.45) is 5.92 Å². The van der Waals surface area contributed by atoms with E-state index in [1.54, 1.807) is 6.07 Å². The summed E-state index contributed by atoms with van der Waals surface area (Å²) in [5, 5.41) is 5.71. The topological polar surface area (TPSA) is 34.0 Å². The van der Waals surface area contributed by atoms with Crippen molar-refractivity contribution in [3.8, 4) is 0 Å². The molecule has 1 aliphatic heterocycles. The van der Waals surface area contributed by atoms with Gasteiger partial charge in [0.15, 0.2) is 0 Å². The van der Waals surface area contributed by atoms with Crippen LogP contribution in [0.3, 0.4) is 0 Å². The Hall–Kier alpha value is -1.32. The Morgan fingerprint density at radius 1 is 1.37 bits per heavy atom. The number of hydrogen-bond donors (Lipinski definition) is 1. The van der Waals surface area contributed by atoms with Crippen LogP contribution >= 0.6 is 11.6 Å². The average molecular weight is 277 g/mol. The Morgan fingerprint density at radius 2 is 2.26 bits per heavy atom. The number of halogens is 1. The molecule has 3 rings (SSSR count). The lowest BCUT2D eigenvalue weighted by molar-refractivity contribution is 0.334. The molecule has 0 radical (unpaired) electrons. The van der Waals surface area contributed by atoms with Crippen LogP contribution < -0.4 is 10.9 Å². The van der Waals surface area contributed by atoms with Gasteiger partial charge in [0.1, 0.15) is 0 Å². The van der Waals surface area contributed by atoms with Gasteiger partial charge in [0.2, 0.25) is 0 Å². The van der Waals surface area contributed by atoms with E-state index in [1.165, 1.54) is 12.8 Å². The van der Waals surface area contributed by atoms with Gasteiger partial charge in [-0.15, -0.1) is 0 Å². The lowest BCUT2D eigenvalue weighted by Gasteiger charge is -2.23. The lowest BCUT2D eigenvalue weighted by Crippen LogP contribution is -2.34. The first-order valence-electron chi connectivity index (χ1n) is 6.73. The smallest absolute Gasteiger partial charge is 0.258 e. The molecule has 1 saturated heterocycles. The van der Waals surface area contributed by atoms with Gasteiger partial charge in [-0.2, -0.15) is 0 Å². The van der Waals surface area contributed by atoms with Gasteiger partial charge in [-0.1, -0.05) is 11.6 Å². The Kier molecular flexibility index (Phi) is 3.58. The van der Waals surface area contributed by atoms with Crippen LogP contribution in [-0.4, -0.2) is 17.7 Å². The second-order valence-electron chi connectivity index (χ2n) is 5.22. The molecule has 0 amide bonds. The van der Waals surface area contributed by atoms with Gasteiger partial charge >= 0.3 is 0 Å². The number of rotatable bonds is 2. The molecule has 1 unspecified atom stereocenters. The summed E-state index contributed by atoms with van der Waals surface area (Å²) >= 11 is 5.95. The van der Waals surface area contributed by atoms with E-state index >= 15 is 0 Å². The first-order valence-corrected chi connectivity index (χ1v) is 7.11. The number of hydrogen-bond acceptors (Lipinski definition) is 2. The van der Waals surface area contributed by atoms with Crippen molar-refractivity contribution < 1.29 is 0 Å². The Bertz CT molecular complexity index is 644. The third kappa shape index (κ3) is 2.67. The fourth-order valence-electron chi connectivity index (χ4n) is 2.76. The summed E-state index contributed by atoms with van der Waals surface area (Å²) in [5.74, 6) is 0.552. The van der Waals surface area contributed by atoms with E-state index in [2.05, 4.69) is 5.32 Å². The van der Waals surface area contributed by atoms with Gasteiger partial charge < -0.3 is 9.88 Å². The van der Waals surface area contributed by atoms with E-state index in [0.29, 0.717) is 10.9 Å². The molecule has 1 aliphatic rings. The maximum Gasteiger partial charge on any atom is 0.258 e. The molecule has 0 saturated carbocycles. The molecular weight excluding hydrogens is 260 g/mol. The van der Waals surface area contributed by atoms with Crippen LogP contribution in [0.4, 0.5) is 0 Å². The van der Waals surface area contributed by atoms with Crippen LogP contribution in [0.25, 0.3) is 10.8 Å². The number of aromatic nitrogens is 1. The van der Waals surface area contributed by atoms with E-state index in [4.69, 9.17) is 11.6 Å². The summed E-state index contributed by atoms with van der Waals surface area (Å²) in [6.07, 6.45) is 4.27. The third-order valence-electron chi connectivity index (χ3n) is 3.79. The van der Waals surface area contributed by atoms with Crippen LogP contribution in [-0.2, 0) is 6.54 Å².